The number of carbonyl (C=O) groups is 1. The number of fused-ring (bicyclic) bond motifs is 3. The van der Waals surface area contributed by atoms with Crippen LogP contribution in [0.1, 0.15) is 29.3 Å². The van der Waals surface area contributed by atoms with Gasteiger partial charge in [0.2, 0.25) is 11.7 Å². The maximum atomic E-state index is 12.8. The zero-order valence-corrected chi connectivity index (χ0v) is 16.1. The van der Waals surface area contributed by atoms with E-state index in [0.29, 0.717) is 29.0 Å². The summed E-state index contributed by atoms with van der Waals surface area (Å²) in [6, 6.07) is 14.7. The zero-order valence-electron chi connectivity index (χ0n) is 15.3. The number of hydrogen-bond donors (Lipinski definition) is 1. The van der Waals surface area contributed by atoms with Gasteiger partial charge in [-0.2, -0.15) is 0 Å². The van der Waals surface area contributed by atoms with Gasteiger partial charge in [0.1, 0.15) is 0 Å². The second-order valence-corrected chi connectivity index (χ2v) is 7.38. The first-order valence-corrected chi connectivity index (χ1v) is 9.97. The third kappa shape index (κ3) is 3.16. The molecule has 142 valence electrons. The van der Waals surface area contributed by atoms with E-state index in [1.54, 1.807) is 16.7 Å². The number of thioether (sulfide) groups is 1. The van der Waals surface area contributed by atoms with E-state index in [0.717, 1.165) is 22.7 Å². The molecule has 2 heterocycles. The molecule has 4 rings (SSSR count). The van der Waals surface area contributed by atoms with E-state index in [-0.39, 0.29) is 5.56 Å². The van der Waals surface area contributed by atoms with Gasteiger partial charge in [0.15, 0.2) is 5.16 Å². The van der Waals surface area contributed by atoms with Crippen molar-refractivity contribution in [1.82, 2.24) is 19.2 Å². The number of hydrogen-bond acceptors (Lipinski definition) is 5. The SMILES string of the molecule is CCCn1c(=O)c2ccccc2n2c(SCc3ccc(C(N)=O)cc3)nnc12. The third-order valence-electron chi connectivity index (χ3n) is 4.53. The molecule has 0 spiro atoms. The molecular formula is C20H19N5O2S. The maximum absolute atomic E-state index is 12.8. The topological polar surface area (TPSA) is 95.3 Å². The Morgan fingerprint density at radius 3 is 2.57 bits per heavy atom. The van der Waals surface area contributed by atoms with Crippen molar-refractivity contribution in [1.29, 1.82) is 0 Å². The average Bonchev–Trinajstić information content (AvgIpc) is 3.14. The van der Waals surface area contributed by atoms with Crippen LogP contribution in [0.2, 0.25) is 0 Å². The number of para-hydroxylation sites is 1. The van der Waals surface area contributed by atoms with Crippen LogP contribution >= 0.6 is 11.8 Å². The van der Waals surface area contributed by atoms with Crippen molar-refractivity contribution in [2.45, 2.75) is 30.8 Å². The molecule has 7 nitrogen and oxygen atoms in total. The summed E-state index contributed by atoms with van der Waals surface area (Å²) in [5, 5.41) is 9.99. The van der Waals surface area contributed by atoms with Gasteiger partial charge in [-0.3, -0.25) is 18.6 Å². The number of amides is 1. The highest BCUT2D eigenvalue weighted by Gasteiger charge is 2.16. The quantitative estimate of drug-likeness (QED) is 0.508. The van der Waals surface area contributed by atoms with E-state index in [1.807, 2.05) is 47.7 Å². The molecular weight excluding hydrogens is 374 g/mol. The van der Waals surface area contributed by atoms with E-state index in [9.17, 15) is 9.59 Å². The Kier molecular flexibility index (Phi) is 4.87. The number of carbonyl (C=O) groups excluding carboxylic acids is 1. The summed E-state index contributed by atoms with van der Waals surface area (Å²) in [7, 11) is 0. The Labute approximate surface area is 165 Å². The molecule has 0 aliphatic heterocycles. The minimum Gasteiger partial charge on any atom is -0.366 e. The average molecular weight is 393 g/mol. The number of primary amides is 1. The van der Waals surface area contributed by atoms with Crippen LogP contribution in [0.3, 0.4) is 0 Å². The number of nitrogens with zero attached hydrogens (tertiary/aromatic N) is 4. The number of nitrogens with two attached hydrogens (primary N) is 1. The van der Waals surface area contributed by atoms with Gasteiger partial charge in [-0.05, 0) is 36.2 Å². The fourth-order valence-corrected chi connectivity index (χ4v) is 4.06. The molecule has 2 aromatic heterocycles. The molecule has 0 radical (unpaired) electrons. The van der Waals surface area contributed by atoms with Crippen molar-refractivity contribution in [2.75, 3.05) is 0 Å². The van der Waals surface area contributed by atoms with Gasteiger partial charge < -0.3 is 5.73 Å². The lowest BCUT2D eigenvalue weighted by molar-refractivity contribution is 0.100. The monoisotopic (exact) mass is 393 g/mol. The highest BCUT2D eigenvalue weighted by Crippen LogP contribution is 2.24. The van der Waals surface area contributed by atoms with Crippen molar-refractivity contribution >= 4 is 34.3 Å². The first-order chi connectivity index (χ1) is 13.6. The molecule has 0 saturated heterocycles. The van der Waals surface area contributed by atoms with Crippen LogP contribution < -0.4 is 11.3 Å². The molecule has 8 heteroatoms. The minimum atomic E-state index is -0.442. The van der Waals surface area contributed by atoms with Gasteiger partial charge in [0.25, 0.3) is 5.56 Å². The largest absolute Gasteiger partial charge is 0.366 e. The molecule has 28 heavy (non-hydrogen) atoms. The molecule has 2 aromatic carbocycles. The Morgan fingerprint density at radius 1 is 1.11 bits per heavy atom. The molecule has 0 aliphatic rings. The molecule has 2 N–H and O–H groups in total. The van der Waals surface area contributed by atoms with Crippen LogP contribution in [-0.2, 0) is 12.3 Å². The van der Waals surface area contributed by atoms with Gasteiger partial charge in [0.05, 0.1) is 10.9 Å². The van der Waals surface area contributed by atoms with Crippen LogP contribution in [0.25, 0.3) is 16.7 Å². The van der Waals surface area contributed by atoms with E-state index in [4.69, 9.17) is 5.73 Å². The van der Waals surface area contributed by atoms with Crippen LogP contribution in [0.15, 0.2) is 58.5 Å². The lowest BCUT2D eigenvalue weighted by Crippen LogP contribution is -2.23. The van der Waals surface area contributed by atoms with Crippen LogP contribution in [-0.4, -0.2) is 25.1 Å². The summed E-state index contributed by atoms with van der Waals surface area (Å²) in [5.74, 6) is 0.765. The Morgan fingerprint density at radius 2 is 1.86 bits per heavy atom. The molecule has 0 unspecified atom stereocenters. The predicted molar refractivity (Wildman–Crippen MR) is 110 cm³/mol. The zero-order chi connectivity index (χ0) is 19.7. The molecule has 0 bridgehead atoms. The van der Waals surface area contributed by atoms with Gasteiger partial charge in [0, 0.05) is 17.9 Å². The predicted octanol–water partition coefficient (Wildman–Crippen LogP) is 2.85. The lowest BCUT2D eigenvalue weighted by Gasteiger charge is -2.10. The summed E-state index contributed by atoms with van der Waals surface area (Å²) in [6.45, 7) is 2.62. The summed E-state index contributed by atoms with van der Waals surface area (Å²) < 4.78 is 3.62. The first-order valence-electron chi connectivity index (χ1n) is 8.98. The van der Waals surface area contributed by atoms with Crippen LogP contribution in [0, 0.1) is 0 Å². The van der Waals surface area contributed by atoms with Crippen molar-refractivity contribution in [3.8, 4) is 0 Å². The second-order valence-electron chi connectivity index (χ2n) is 6.44. The van der Waals surface area contributed by atoms with E-state index in [1.165, 1.54) is 11.8 Å². The van der Waals surface area contributed by atoms with Gasteiger partial charge in [-0.15, -0.1) is 10.2 Å². The van der Waals surface area contributed by atoms with E-state index >= 15 is 0 Å². The Bertz CT molecular complexity index is 1230. The van der Waals surface area contributed by atoms with Gasteiger partial charge in [-0.1, -0.05) is 43.0 Å². The van der Waals surface area contributed by atoms with Crippen LogP contribution in [0.4, 0.5) is 0 Å². The van der Waals surface area contributed by atoms with E-state index < -0.39 is 5.91 Å². The smallest absolute Gasteiger partial charge is 0.262 e. The Balaban J connectivity index is 1.76. The maximum Gasteiger partial charge on any atom is 0.262 e. The Hall–Kier alpha value is -3.13. The number of aryl methyl sites for hydroxylation is 1. The van der Waals surface area contributed by atoms with Gasteiger partial charge in [-0.25, -0.2) is 0 Å². The van der Waals surface area contributed by atoms with Crippen molar-refractivity contribution < 1.29 is 4.79 Å². The normalized spacial score (nSPS) is 11.3. The number of aromatic nitrogens is 4. The van der Waals surface area contributed by atoms with Crippen molar-refractivity contribution in [3.63, 3.8) is 0 Å². The molecule has 0 atom stereocenters. The highest BCUT2D eigenvalue weighted by molar-refractivity contribution is 7.98. The summed E-state index contributed by atoms with van der Waals surface area (Å²) in [5.41, 5.74) is 7.56. The molecule has 0 fully saturated rings. The molecule has 0 saturated carbocycles. The lowest BCUT2D eigenvalue weighted by atomic mass is 10.1. The molecule has 0 aliphatic carbocycles. The summed E-state index contributed by atoms with van der Waals surface area (Å²) >= 11 is 1.53. The molecule has 1 amide bonds. The van der Waals surface area contributed by atoms with Crippen molar-refractivity contribution in [3.05, 3.63) is 70.0 Å². The first kappa shape index (κ1) is 18.2. The van der Waals surface area contributed by atoms with Gasteiger partial charge >= 0.3 is 0 Å². The standard InChI is InChI=1S/C20H19N5O2S/c1-2-11-24-18(27)15-5-3-4-6-16(15)25-19(24)22-23-20(25)28-12-13-7-9-14(10-8-13)17(21)26/h3-10H,2,11-12H2,1H3,(H2,21,26). The summed E-state index contributed by atoms with van der Waals surface area (Å²) in [6.07, 6.45) is 0.829. The minimum absolute atomic E-state index is 0.0454. The summed E-state index contributed by atoms with van der Waals surface area (Å²) in [4.78, 5) is 24.1. The van der Waals surface area contributed by atoms with E-state index in [2.05, 4.69) is 10.2 Å². The number of rotatable bonds is 6. The van der Waals surface area contributed by atoms with Crippen LogP contribution in [0.5, 0.6) is 0 Å². The fourth-order valence-electron chi connectivity index (χ4n) is 3.17. The second kappa shape index (κ2) is 7.47. The van der Waals surface area contributed by atoms with Crippen molar-refractivity contribution in [2.24, 2.45) is 5.73 Å². The molecule has 4 aromatic rings. The number of benzene rings is 2. The fraction of sp³-hybridized carbons (Fsp3) is 0.200. The highest BCUT2D eigenvalue weighted by atomic mass is 32.2. The third-order valence-corrected chi connectivity index (χ3v) is 5.53.